The van der Waals surface area contributed by atoms with E-state index in [1.54, 1.807) is 0 Å². The Morgan fingerprint density at radius 3 is 2.82 bits per heavy atom. The maximum Gasteiger partial charge on any atom is 0.244 e. The van der Waals surface area contributed by atoms with E-state index < -0.39 is 0 Å². The highest BCUT2D eigenvalue weighted by molar-refractivity contribution is 5.85. The molecule has 3 rings (SSSR count). The molecule has 6 heteroatoms. The molecule has 5 nitrogen and oxygen atoms in total. The molecule has 1 aromatic heterocycles. The third-order valence-electron chi connectivity index (χ3n) is 4.24. The Balaban J connectivity index is 0.00000176. The van der Waals surface area contributed by atoms with Crippen molar-refractivity contribution in [1.29, 1.82) is 0 Å². The van der Waals surface area contributed by atoms with Gasteiger partial charge in [-0.25, -0.2) is 0 Å². The zero-order valence-electron chi connectivity index (χ0n) is 13.0. The van der Waals surface area contributed by atoms with E-state index >= 15 is 0 Å². The molecule has 1 aliphatic heterocycles. The van der Waals surface area contributed by atoms with Crippen LogP contribution in [0.3, 0.4) is 0 Å². The van der Waals surface area contributed by atoms with E-state index in [0.717, 1.165) is 18.7 Å². The van der Waals surface area contributed by atoms with Gasteiger partial charge in [-0.05, 0) is 33.4 Å². The second-order valence-electron chi connectivity index (χ2n) is 5.62. The van der Waals surface area contributed by atoms with Gasteiger partial charge in [-0.2, -0.15) is 4.98 Å². The SMILES string of the molecule is CNC1CCCN(C(C)c2nc(-c3ccccc3)no2)C1.Cl. The third kappa shape index (κ3) is 3.66. The van der Waals surface area contributed by atoms with Crippen LogP contribution in [0.4, 0.5) is 0 Å². The summed E-state index contributed by atoms with van der Waals surface area (Å²) in [6.45, 7) is 4.25. The fourth-order valence-electron chi connectivity index (χ4n) is 2.86. The quantitative estimate of drug-likeness (QED) is 0.938. The summed E-state index contributed by atoms with van der Waals surface area (Å²) < 4.78 is 5.48. The van der Waals surface area contributed by atoms with E-state index in [-0.39, 0.29) is 18.4 Å². The summed E-state index contributed by atoms with van der Waals surface area (Å²) in [5.41, 5.74) is 0.992. The number of benzene rings is 1. The van der Waals surface area contributed by atoms with Crippen LogP contribution in [-0.4, -0.2) is 41.2 Å². The van der Waals surface area contributed by atoms with Crippen LogP contribution in [0.25, 0.3) is 11.4 Å². The molecule has 0 spiro atoms. The van der Waals surface area contributed by atoms with Gasteiger partial charge in [0.25, 0.3) is 0 Å². The predicted octanol–water partition coefficient (Wildman–Crippen LogP) is 2.90. The van der Waals surface area contributed by atoms with Crippen LogP contribution in [0.2, 0.25) is 0 Å². The van der Waals surface area contributed by atoms with Gasteiger partial charge in [0.2, 0.25) is 11.7 Å². The van der Waals surface area contributed by atoms with Crippen molar-refractivity contribution in [2.45, 2.75) is 31.8 Å². The van der Waals surface area contributed by atoms with Crippen LogP contribution < -0.4 is 5.32 Å². The van der Waals surface area contributed by atoms with Crippen LogP contribution in [0.5, 0.6) is 0 Å². The van der Waals surface area contributed by atoms with Gasteiger partial charge < -0.3 is 9.84 Å². The van der Waals surface area contributed by atoms with Gasteiger partial charge in [-0.1, -0.05) is 35.5 Å². The molecule has 1 N–H and O–H groups in total. The second kappa shape index (κ2) is 7.72. The molecule has 22 heavy (non-hydrogen) atoms. The van der Waals surface area contributed by atoms with Crippen LogP contribution in [0.15, 0.2) is 34.9 Å². The summed E-state index contributed by atoms with van der Waals surface area (Å²) in [6.07, 6.45) is 2.44. The van der Waals surface area contributed by atoms with Gasteiger partial charge in [-0.3, -0.25) is 4.90 Å². The van der Waals surface area contributed by atoms with Gasteiger partial charge in [0.15, 0.2) is 0 Å². The molecule has 2 heterocycles. The summed E-state index contributed by atoms with van der Waals surface area (Å²) >= 11 is 0. The summed E-state index contributed by atoms with van der Waals surface area (Å²) in [6, 6.07) is 10.7. The normalized spacial score (nSPS) is 20.4. The number of piperidine rings is 1. The number of likely N-dealkylation sites (tertiary alicyclic amines) is 1. The molecule has 1 saturated heterocycles. The van der Waals surface area contributed by atoms with E-state index in [1.807, 2.05) is 37.4 Å². The van der Waals surface area contributed by atoms with Crippen molar-refractivity contribution in [2.75, 3.05) is 20.1 Å². The highest BCUT2D eigenvalue weighted by atomic mass is 35.5. The largest absolute Gasteiger partial charge is 0.337 e. The summed E-state index contributed by atoms with van der Waals surface area (Å²) in [4.78, 5) is 6.98. The van der Waals surface area contributed by atoms with Crippen molar-refractivity contribution in [1.82, 2.24) is 20.4 Å². The minimum absolute atomic E-state index is 0. The second-order valence-corrected chi connectivity index (χ2v) is 5.62. The first-order valence-corrected chi connectivity index (χ1v) is 7.58. The Hall–Kier alpha value is -1.43. The van der Waals surface area contributed by atoms with Crippen LogP contribution in [-0.2, 0) is 0 Å². The highest BCUT2D eigenvalue weighted by Crippen LogP contribution is 2.25. The van der Waals surface area contributed by atoms with Gasteiger partial charge in [0, 0.05) is 18.2 Å². The number of hydrogen-bond donors (Lipinski definition) is 1. The molecule has 0 radical (unpaired) electrons. The molecule has 1 aromatic carbocycles. The Morgan fingerprint density at radius 1 is 1.32 bits per heavy atom. The maximum atomic E-state index is 5.48. The minimum atomic E-state index is 0. The smallest absolute Gasteiger partial charge is 0.244 e. The molecule has 120 valence electrons. The molecule has 1 fully saturated rings. The summed E-state index contributed by atoms with van der Waals surface area (Å²) in [5.74, 6) is 1.37. The Bertz CT molecular complexity index is 575. The molecule has 2 atom stereocenters. The summed E-state index contributed by atoms with van der Waals surface area (Å²) in [7, 11) is 2.03. The molecular weight excluding hydrogens is 300 g/mol. The molecule has 0 amide bonds. The van der Waals surface area contributed by atoms with E-state index in [9.17, 15) is 0 Å². The third-order valence-corrected chi connectivity index (χ3v) is 4.24. The van der Waals surface area contributed by atoms with Gasteiger partial charge in [-0.15, -0.1) is 12.4 Å². The first kappa shape index (κ1) is 16.9. The lowest BCUT2D eigenvalue weighted by molar-refractivity contribution is 0.126. The predicted molar refractivity (Wildman–Crippen MR) is 89.1 cm³/mol. The summed E-state index contributed by atoms with van der Waals surface area (Å²) in [5, 5.41) is 7.48. The van der Waals surface area contributed by atoms with E-state index in [0.29, 0.717) is 17.8 Å². The molecule has 2 aromatic rings. The van der Waals surface area contributed by atoms with Gasteiger partial charge in [0.1, 0.15) is 0 Å². The standard InChI is InChI=1S/C16H22N4O.ClH/c1-12(20-10-6-9-14(11-20)17-2)16-18-15(19-21-16)13-7-4-3-5-8-13;/h3-5,7-8,12,14,17H,6,9-11H2,1-2H3;1H. The minimum Gasteiger partial charge on any atom is -0.337 e. The fourth-order valence-corrected chi connectivity index (χ4v) is 2.86. The number of nitrogens with zero attached hydrogens (tertiary/aromatic N) is 3. The molecule has 1 aliphatic rings. The maximum absolute atomic E-state index is 5.48. The van der Waals surface area contributed by atoms with Crippen molar-refractivity contribution in [3.8, 4) is 11.4 Å². The number of halogens is 1. The topological polar surface area (TPSA) is 54.2 Å². The zero-order chi connectivity index (χ0) is 14.7. The number of nitrogens with one attached hydrogen (secondary N) is 1. The molecule has 0 bridgehead atoms. The van der Waals surface area contributed by atoms with E-state index in [4.69, 9.17) is 4.52 Å². The van der Waals surface area contributed by atoms with Crippen molar-refractivity contribution in [3.63, 3.8) is 0 Å². The Kier molecular flexibility index (Phi) is 5.94. The fraction of sp³-hybridized carbons (Fsp3) is 0.500. The van der Waals surface area contributed by atoms with Crippen LogP contribution >= 0.6 is 12.4 Å². The molecule has 0 saturated carbocycles. The molecule has 2 unspecified atom stereocenters. The Labute approximate surface area is 137 Å². The first-order valence-electron chi connectivity index (χ1n) is 7.58. The van der Waals surface area contributed by atoms with Crippen LogP contribution in [0, 0.1) is 0 Å². The lowest BCUT2D eigenvalue weighted by Gasteiger charge is -2.35. The highest BCUT2D eigenvalue weighted by Gasteiger charge is 2.26. The monoisotopic (exact) mass is 322 g/mol. The first-order chi connectivity index (χ1) is 10.3. The zero-order valence-corrected chi connectivity index (χ0v) is 13.8. The van der Waals surface area contributed by atoms with Crippen molar-refractivity contribution < 1.29 is 4.52 Å². The van der Waals surface area contributed by atoms with Crippen LogP contribution in [0.1, 0.15) is 31.7 Å². The van der Waals surface area contributed by atoms with Crippen molar-refractivity contribution >= 4 is 12.4 Å². The number of rotatable bonds is 4. The lowest BCUT2D eigenvalue weighted by Crippen LogP contribution is -2.45. The average Bonchev–Trinajstić information content (AvgIpc) is 3.05. The number of aromatic nitrogens is 2. The molecule has 0 aliphatic carbocycles. The Morgan fingerprint density at radius 2 is 2.09 bits per heavy atom. The van der Waals surface area contributed by atoms with Gasteiger partial charge >= 0.3 is 0 Å². The van der Waals surface area contributed by atoms with Gasteiger partial charge in [0.05, 0.1) is 6.04 Å². The molecular formula is C16H23ClN4O. The van der Waals surface area contributed by atoms with E-state index in [1.165, 1.54) is 12.8 Å². The number of likely N-dealkylation sites (N-methyl/N-ethyl adjacent to an activating group) is 1. The average molecular weight is 323 g/mol. The lowest BCUT2D eigenvalue weighted by atomic mass is 10.0. The van der Waals surface area contributed by atoms with Crippen molar-refractivity contribution in [2.24, 2.45) is 0 Å². The van der Waals surface area contributed by atoms with E-state index in [2.05, 4.69) is 27.3 Å². The number of hydrogen-bond acceptors (Lipinski definition) is 5. The van der Waals surface area contributed by atoms with Crippen molar-refractivity contribution in [3.05, 3.63) is 36.2 Å².